The Morgan fingerprint density at radius 3 is 2.35 bits per heavy atom. The fourth-order valence-corrected chi connectivity index (χ4v) is 2.15. The quantitative estimate of drug-likeness (QED) is 0.917. The van der Waals surface area contributed by atoms with Gasteiger partial charge in [0.05, 0.1) is 25.8 Å². The molecule has 0 heterocycles. The van der Waals surface area contributed by atoms with Crippen LogP contribution >= 0.6 is 0 Å². The molecule has 1 N–H and O–H groups in total. The summed E-state index contributed by atoms with van der Waals surface area (Å²) in [7, 11) is 3.04. The molecule has 0 fully saturated rings. The largest absolute Gasteiger partial charge is 0.493 e. The maximum atomic E-state index is 13.6. The Balaban J connectivity index is 2.18. The highest BCUT2D eigenvalue weighted by atomic mass is 19.1. The molecule has 0 aromatic heterocycles. The SMILES string of the molecule is COc1ccc([C@H](C)NC(=O)c2ccc(F)cc2F)cc1OC. The van der Waals surface area contributed by atoms with E-state index in [0.29, 0.717) is 17.6 Å². The molecule has 0 bridgehead atoms. The molecule has 2 aromatic rings. The number of benzene rings is 2. The van der Waals surface area contributed by atoms with Gasteiger partial charge in [0, 0.05) is 6.07 Å². The van der Waals surface area contributed by atoms with Gasteiger partial charge in [-0.15, -0.1) is 0 Å². The van der Waals surface area contributed by atoms with Gasteiger partial charge < -0.3 is 14.8 Å². The van der Waals surface area contributed by atoms with Gasteiger partial charge in [0.2, 0.25) is 0 Å². The van der Waals surface area contributed by atoms with Crippen LogP contribution in [0.2, 0.25) is 0 Å². The van der Waals surface area contributed by atoms with E-state index >= 15 is 0 Å². The lowest BCUT2D eigenvalue weighted by Crippen LogP contribution is -2.27. The number of hydrogen-bond acceptors (Lipinski definition) is 3. The minimum atomic E-state index is -0.901. The van der Waals surface area contributed by atoms with Crippen molar-refractivity contribution >= 4 is 5.91 Å². The predicted octanol–water partition coefficient (Wildman–Crippen LogP) is 3.47. The molecule has 2 aromatic carbocycles. The van der Waals surface area contributed by atoms with Crippen LogP contribution in [0.1, 0.15) is 28.9 Å². The van der Waals surface area contributed by atoms with Crippen LogP contribution in [0.15, 0.2) is 36.4 Å². The van der Waals surface area contributed by atoms with E-state index < -0.39 is 23.6 Å². The zero-order chi connectivity index (χ0) is 17.0. The minimum Gasteiger partial charge on any atom is -0.493 e. The number of rotatable bonds is 5. The summed E-state index contributed by atoms with van der Waals surface area (Å²) >= 11 is 0. The first kappa shape index (κ1) is 16.7. The molecule has 0 aliphatic rings. The Kier molecular flexibility index (Phi) is 5.16. The number of halogens is 2. The number of carbonyl (C=O) groups is 1. The van der Waals surface area contributed by atoms with Gasteiger partial charge in [0.1, 0.15) is 11.6 Å². The minimum absolute atomic E-state index is 0.210. The summed E-state index contributed by atoms with van der Waals surface area (Å²) in [6.07, 6.45) is 0. The molecule has 0 aliphatic heterocycles. The van der Waals surface area contributed by atoms with Crippen molar-refractivity contribution in [1.29, 1.82) is 0 Å². The second-order valence-corrected chi connectivity index (χ2v) is 4.93. The maximum Gasteiger partial charge on any atom is 0.254 e. The predicted molar refractivity (Wildman–Crippen MR) is 81.8 cm³/mol. The van der Waals surface area contributed by atoms with Crippen LogP contribution in [0.5, 0.6) is 11.5 Å². The Morgan fingerprint density at radius 2 is 1.74 bits per heavy atom. The van der Waals surface area contributed by atoms with E-state index in [-0.39, 0.29) is 5.56 Å². The summed E-state index contributed by atoms with van der Waals surface area (Å²) in [6, 6.07) is 7.65. The van der Waals surface area contributed by atoms with E-state index in [1.165, 1.54) is 14.2 Å². The zero-order valence-electron chi connectivity index (χ0n) is 13.0. The lowest BCUT2D eigenvalue weighted by atomic mass is 10.1. The van der Waals surface area contributed by atoms with Gasteiger partial charge in [-0.1, -0.05) is 6.07 Å². The molecule has 0 saturated carbocycles. The molecule has 4 nitrogen and oxygen atoms in total. The third-order valence-electron chi connectivity index (χ3n) is 3.43. The Bertz CT molecular complexity index is 719. The van der Waals surface area contributed by atoms with E-state index in [1.807, 2.05) is 0 Å². The monoisotopic (exact) mass is 321 g/mol. The van der Waals surface area contributed by atoms with Crippen LogP contribution < -0.4 is 14.8 Å². The number of hydrogen-bond donors (Lipinski definition) is 1. The van der Waals surface area contributed by atoms with Crippen molar-refractivity contribution in [3.63, 3.8) is 0 Å². The molecule has 0 aliphatic carbocycles. The van der Waals surface area contributed by atoms with Crippen molar-refractivity contribution < 1.29 is 23.0 Å². The van der Waals surface area contributed by atoms with E-state index in [2.05, 4.69) is 5.32 Å². The summed E-state index contributed by atoms with van der Waals surface area (Å²) in [4.78, 5) is 12.1. The zero-order valence-corrected chi connectivity index (χ0v) is 13.0. The van der Waals surface area contributed by atoms with Crippen molar-refractivity contribution in [2.75, 3.05) is 14.2 Å². The molecule has 0 saturated heterocycles. The molecular formula is C17H17F2NO3. The van der Waals surface area contributed by atoms with Gasteiger partial charge in [-0.25, -0.2) is 8.78 Å². The number of ether oxygens (including phenoxy) is 2. The molecule has 23 heavy (non-hydrogen) atoms. The van der Waals surface area contributed by atoms with Crippen LogP contribution in [0.3, 0.4) is 0 Å². The molecular weight excluding hydrogens is 304 g/mol. The van der Waals surface area contributed by atoms with E-state index in [1.54, 1.807) is 25.1 Å². The smallest absolute Gasteiger partial charge is 0.254 e. The summed E-state index contributed by atoms with van der Waals surface area (Å²) in [5.41, 5.74) is 0.553. The number of methoxy groups -OCH3 is 2. The van der Waals surface area contributed by atoms with Crippen molar-refractivity contribution in [3.8, 4) is 11.5 Å². The van der Waals surface area contributed by atoms with Gasteiger partial charge in [0.15, 0.2) is 11.5 Å². The first-order valence-electron chi connectivity index (χ1n) is 6.94. The van der Waals surface area contributed by atoms with Gasteiger partial charge in [-0.2, -0.15) is 0 Å². The van der Waals surface area contributed by atoms with Crippen molar-refractivity contribution in [2.45, 2.75) is 13.0 Å². The lowest BCUT2D eigenvalue weighted by Gasteiger charge is -2.17. The average Bonchev–Trinajstić information content (AvgIpc) is 2.53. The van der Waals surface area contributed by atoms with Crippen LogP contribution in [-0.2, 0) is 0 Å². The van der Waals surface area contributed by atoms with Crippen LogP contribution in [0.4, 0.5) is 8.78 Å². The molecule has 0 unspecified atom stereocenters. The van der Waals surface area contributed by atoms with E-state index in [4.69, 9.17) is 9.47 Å². The normalized spacial score (nSPS) is 11.7. The highest BCUT2D eigenvalue weighted by molar-refractivity contribution is 5.94. The van der Waals surface area contributed by atoms with Gasteiger partial charge in [-0.3, -0.25) is 4.79 Å². The summed E-state index contributed by atoms with van der Waals surface area (Å²) in [5.74, 6) is -1.16. The molecule has 0 spiro atoms. The highest BCUT2D eigenvalue weighted by Gasteiger charge is 2.17. The molecule has 1 amide bonds. The van der Waals surface area contributed by atoms with Crippen LogP contribution in [0.25, 0.3) is 0 Å². The first-order chi connectivity index (χ1) is 11.0. The Labute approximate surface area is 133 Å². The summed E-state index contributed by atoms with van der Waals surface area (Å²) < 4.78 is 36.9. The molecule has 0 radical (unpaired) electrons. The standard InChI is InChI=1S/C17H17F2NO3/c1-10(11-4-7-15(22-2)16(8-11)23-3)20-17(21)13-6-5-12(18)9-14(13)19/h4-10H,1-3H3,(H,20,21)/t10-/m0/s1. The molecule has 6 heteroatoms. The first-order valence-corrected chi connectivity index (χ1v) is 6.94. The van der Waals surface area contributed by atoms with Gasteiger partial charge >= 0.3 is 0 Å². The number of carbonyl (C=O) groups excluding carboxylic acids is 1. The Hall–Kier alpha value is -2.63. The van der Waals surface area contributed by atoms with Gasteiger partial charge in [-0.05, 0) is 36.8 Å². The molecule has 1 atom stereocenters. The second-order valence-electron chi connectivity index (χ2n) is 4.93. The van der Waals surface area contributed by atoms with E-state index in [9.17, 15) is 13.6 Å². The van der Waals surface area contributed by atoms with Crippen molar-refractivity contribution in [1.82, 2.24) is 5.32 Å². The fraction of sp³-hybridized carbons (Fsp3) is 0.235. The number of amides is 1. The van der Waals surface area contributed by atoms with Crippen molar-refractivity contribution in [2.24, 2.45) is 0 Å². The fourth-order valence-electron chi connectivity index (χ4n) is 2.15. The highest BCUT2D eigenvalue weighted by Crippen LogP contribution is 2.30. The molecule has 122 valence electrons. The third kappa shape index (κ3) is 3.77. The maximum absolute atomic E-state index is 13.6. The molecule has 2 rings (SSSR count). The van der Waals surface area contributed by atoms with E-state index in [0.717, 1.165) is 17.7 Å². The van der Waals surface area contributed by atoms with Crippen molar-refractivity contribution in [3.05, 3.63) is 59.2 Å². The summed E-state index contributed by atoms with van der Waals surface area (Å²) in [6.45, 7) is 1.75. The lowest BCUT2D eigenvalue weighted by molar-refractivity contribution is 0.0935. The number of nitrogens with one attached hydrogen (secondary N) is 1. The second kappa shape index (κ2) is 7.09. The Morgan fingerprint density at radius 1 is 1.04 bits per heavy atom. The third-order valence-corrected chi connectivity index (χ3v) is 3.43. The van der Waals surface area contributed by atoms with Crippen LogP contribution in [-0.4, -0.2) is 20.1 Å². The van der Waals surface area contributed by atoms with Crippen LogP contribution in [0, 0.1) is 11.6 Å². The van der Waals surface area contributed by atoms with Gasteiger partial charge in [0.25, 0.3) is 5.91 Å². The topological polar surface area (TPSA) is 47.6 Å². The average molecular weight is 321 g/mol. The summed E-state index contributed by atoms with van der Waals surface area (Å²) in [5, 5.41) is 2.66.